The van der Waals surface area contributed by atoms with Crippen LogP contribution in [0.3, 0.4) is 0 Å². The van der Waals surface area contributed by atoms with Crippen LogP contribution in [0, 0.1) is 5.92 Å². The number of guanidine groups is 1. The SMILES string of the molecule is CC(=O)Oc1ccc(C[C@H](NC(=O)[C@H](CO)NC(=O)[C@H](Cc2c[nH]c3ccccc23)NC(=O)[C@H](Cc2cnc[nH]2)NC(=O)[C@@H]2CCC(=O)N2)C(=O)N[C@H](Cc2ccc3ccccc3c2)C(=O)N[C@@H](CC(C)C)C(=O)N[C@@H](CCCN=C(N)N)C(=O)N2CCC[C@H]2C(=O)NCC(N)=O)cc1. The number of hydrogen-bond acceptors (Lipinski definition) is 16. The Bertz CT molecular complexity index is 3930. The first-order chi connectivity index (χ1) is 47.4. The smallest absolute Gasteiger partial charge is 0.308 e. The van der Waals surface area contributed by atoms with E-state index in [4.69, 9.17) is 21.9 Å². The lowest BCUT2D eigenvalue weighted by molar-refractivity contribution is -0.142. The summed E-state index contributed by atoms with van der Waals surface area (Å²) in [4.78, 5) is 181. The van der Waals surface area contributed by atoms with E-state index < -0.39 is 133 Å². The Morgan fingerprint density at radius 1 is 0.667 bits per heavy atom. The summed E-state index contributed by atoms with van der Waals surface area (Å²) in [5.41, 5.74) is 19.1. The number of nitrogens with two attached hydrogens (primary N) is 3. The Balaban J connectivity index is 1.08. The summed E-state index contributed by atoms with van der Waals surface area (Å²) in [5.74, 6) is -9.47. The number of fused-ring (bicyclic) bond motifs is 2. The molecule has 0 spiro atoms. The lowest BCUT2D eigenvalue weighted by atomic mass is 9.98. The van der Waals surface area contributed by atoms with Gasteiger partial charge in [0.15, 0.2) is 5.96 Å². The number of aliphatic imine (C=N–C) groups is 1. The van der Waals surface area contributed by atoms with Gasteiger partial charge in [-0.05, 0) is 90.1 Å². The van der Waals surface area contributed by atoms with Crippen molar-refractivity contribution >= 4 is 98.6 Å². The Hall–Kier alpha value is -11.2. The number of likely N-dealkylation sites (tertiary alicyclic amines) is 1. The van der Waals surface area contributed by atoms with E-state index in [-0.39, 0.29) is 101 Å². The number of hydrogen-bond donors (Lipinski definition) is 15. The number of amides is 11. The molecule has 0 saturated carbocycles. The molecule has 2 fully saturated rings. The van der Waals surface area contributed by atoms with Gasteiger partial charge in [-0.3, -0.25) is 62.5 Å². The molecule has 4 aromatic carbocycles. The van der Waals surface area contributed by atoms with Crippen LogP contribution in [0.25, 0.3) is 21.7 Å². The number of aromatic amines is 2. The number of aliphatic hydroxyl groups excluding tert-OH is 1. The molecule has 2 saturated heterocycles. The quantitative estimate of drug-likeness (QED) is 0.00726. The second-order valence-corrected chi connectivity index (χ2v) is 24.9. The molecular formula is C68H85N17O14. The van der Waals surface area contributed by atoms with Crippen molar-refractivity contribution in [3.05, 3.63) is 132 Å². The number of H-pyrrole nitrogens is 2. The van der Waals surface area contributed by atoms with E-state index in [1.165, 1.54) is 48.6 Å². The van der Waals surface area contributed by atoms with Crippen LogP contribution in [-0.4, -0.2) is 182 Å². The highest BCUT2D eigenvalue weighted by Gasteiger charge is 2.40. The molecule has 6 aromatic rings. The van der Waals surface area contributed by atoms with Gasteiger partial charge in [-0.1, -0.05) is 86.6 Å². The number of primary amides is 1. The first kappa shape index (κ1) is 73.6. The van der Waals surface area contributed by atoms with Crippen molar-refractivity contribution in [3.63, 3.8) is 0 Å². The number of aliphatic hydroxyl groups is 1. The van der Waals surface area contributed by atoms with Gasteiger partial charge in [0.1, 0.15) is 60.1 Å². The van der Waals surface area contributed by atoms with Crippen LogP contribution in [0.2, 0.25) is 0 Å². The summed E-state index contributed by atoms with van der Waals surface area (Å²) >= 11 is 0. The maximum Gasteiger partial charge on any atom is 0.308 e. The minimum Gasteiger partial charge on any atom is -0.427 e. The van der Waals surface area contributed by atoms with Gasteiger partial charge >= 0.3 is 5.97 Å². The zero-order valence-electron chi connectivity index (χ0n) is 55.1. The number of carbonyl (C=O) groups excluding carboxylic acids is 12. The van der Waals surface area contributed by atoms with Crippen LogP contribution in [0.5, 0.6) is 5.75 Å². The molecule has 526 valence electrons. The third kappa shape index (κ3) is 21.4. The fraction of sp³-hybridized carbons (Fsp3) is 0.412. The van der Waals surface area contributed by atoms with Crippen LogP contribution in [0.15, 0.2) is 115 Å². The van der Waals surface area contributed by atoms with Gasteiger partial charge in [-0.15, -0.1) is 0 Å². The lowest BCUT2D eigenvalue weighted by Gasteiger charge is -2.30. The molecule has 2 aliphatic heterocycles. The van der Waals surface area contributed by atoms with E-state index in [9.17, 15) is 53.1 Å². The number of carbonyl (C=O) groups is 12. The van der Waals surface area contributed by atoms with Gasteiger partial charge < -0.3 is 89.8 Å². The third-order valence-electron chi connectivity index (χ3n) is 16.8. The summed E-state index contributed by atoms with van der Waals surface area (Å²) < 4.78 is 5.24. The molecule has 2 aliphatic rings. The van der Waals surface area contributed by atoms with Crippen LogP contribution < -0.4 is 69.8 Å². The van der Waals surface area contributed by atoms with Crippen molar-refractivity contribution in [1.82, 2.24) is 67.7 Å². The van der Waals surface area contributed by atoms with Crippen LogP contribution >= 0.6 is 0 Å². The van der Waals surface area contributed by atoms with E-state index in [1.807, 2.05) is 36.4 Å². The largest absolute Gasteiger partial charge is 0.427 e. The number of aromatic nitrogens is 3. The second-order valence-electron chi connectivity index (χ2n) is 24.9. The Kier molecular flexibility index (Phi) is 26.1. The number of rotatable bonds is 34. The maximum absolute atomic E-state index is 15.2. The molecule has 99 heavy (non-hydrogen) atoms. The summed E-state index contributed by atoms with van der Waals surface area (Å²) in [6.45, 7) is 3.50. The first-order valence-electron chi connectivity index (χ1n) is 32.6. The molecule has 0 radical (unpaired) electrons. The average Bonchev–Trinajstić information content (AvgIpc) is 1.80. The molecule has 0 unspecified atom stereocenters. The fourth-order valence-corrected chi connectivity index (χ4v) is 11.8. The van der Waals surface area contributed by atoms with Gasteiger partial charge in [0.05, 0.1) is 19.5 Å². The number of ether oxygens (including phenoxy) is 1. The maximum atomic E-state index is 15.2. The first-order valence-corrected chi connectivity index (χ1v) is 32.6. The highest BCUT2D eigenvalue weighted by Crippen LogP contribution is 2.24. The number of esters is 1. The zero-order chi connectivity index (χ0) is 71.3. The Morgan fingerprint density at radius 2 is 1.26 bits per heavy atom. The molecule has 9 atom stereocenters. The Labute approximate surface area is 569 Å². The fourth-order valence-electron chi connectivity index (χ4n) is 11.8. The lowest BCUT2D eigenvalue weighted by Crippen LogP contribution is -2.61. The van der Waals surface area contributed by atoms with Gasteiger partial charge in [0, 0.05) is 81.1 Å². The topological polar surface area (TPSA) is 481 Å². The van der Waals surface area contributed by atoms with Crippen LogP contribution in [0.4, 0.5) is 0 Å². The molecule has 4 heterocycles. The van der Waals surface area contributed by atoms with Gasteiger partial charge in [0.2, 0.25) is 65.0 Å². The highest BCUT2D eigenvalue weighted by molar-refractivity contribution is 6.00. The molecule has 0 bridgehead atoms. The predicted octanol–water partition coefficient (Wildman–Crippen LogP) is -1.40. The molecule has 2 aromatic heterocycles. The minimum absolute atomic E-state index is 0.0111. The minimum atomic E-state index is -1.82. The number of benzene rings is 4. The zero-order valence-corrected chi connectivity index (χ0v) is 55.1. The van der Waals surface area contributed by atoms with Crippen molar-refractivity contribution in [3.8, 4) is 5.75 Å². The molecule has 8 rings (SSSR count). The third-order valence-corrected chi connectivity index (χ3v) is 16.8. The van der Waals surface area contributed by atoms with E-state index >= 15 is 9.59 Å². The van der Waals surface area contributed by atoms with Crippen molar-refractivity contribution in [1.29, 1.82) is 0 Å². The van der Waals surface area contributed by atoms with E-state index in [0.29, 0.717) is 39.7 Å². The molecule has 11 amide bonds. The van der Waals surface area contributed by atoms with E-state index in [2.05, 4.69) is 67.8 Å². The van der Waals surface area contributed by atoms with E-state index in [1.54, 1.807) is 50.4 Å². The molecule has 31 nitrogen and oxygen atoms in total. The highest BCUT2D eigenvalue weighted by atomic mass is 16.5. The van der Waals surface area contributed by atoms with Gasteiger partial charge in [0.25, 0.3) is 0 Å². The van der Waals surface area contributed by atoms with Crippen molar-refractivity contribution in [2.75, 3.05) is 26.2 Å². The second kappa shape index (κ2) is 35.1. The molecular weight excluding hydrogens is 1280 g/mol. The normalized spacial score (nSPS) is 16.3. The van der Waals surface area contributed by atoms with Crippen LogP contribution in [0.1, 0.15) is 88.1 Å². The predicted molar refractivity (Wildman–Crippen MR) is 361 cm³/mol. The summed E-state index contributed by atoms with van der Waals surface area (Å²) in [5, 5.41) is 37.4. The molecule has 18 N–H and O–H groups in total. The average molecular weight is 1360 g/mol. The monoisotopic (exact) mass is 1360 g/mol. The number of para-hydroxylation sites is 1. The van der Waals surface area contributed by atoms with Crippen molar-refractivity contribution in [2.24, 2.45) is 28.1 Å². The summed E-state index contributed by atoms with van der Waals surface area (Å²) in [7, 11) is 0. The van der Waals surface area contributed by atoms with Gasteiger partial charge in [-0.25, -0.2) is 4.98 Å². The van der Waals surface area contributed by atoms with E-state index in [0.717, 1.165) is 10.8 Å². The Morgan fingerprint density at radius 3 is 1.89 bits per heavy atom. The van der Waals surface area contributed by atoms with Crippen molar-refractivity contribution < 1.29 is 67.4 Å². The number of imidazole rings is 1. The van der Waals surface area contributed by atoms with Crippen LogP contribution in [-0.2, 0) is 83.2 Å². The molecule has 0 aliphatic carbocycles. The molecule has 31 heteroatoms. The van der Waals surface area contributed by atoms with Crippen molar-refractivity contribution in [2.45, 2.75) is 146 Å². The van der Waals surface area contributed by atoms with Gasteiger partial charge in [-0.2, -0.15) is 0 Å². The summed E-state index contributed by atoms with van der Waals surface area (Å²) in [6, 6.07) is 13.6. The number of nitrogens with zero attached hydrogens (tertiary/aromatic N) is 3. The standard InChI is InChI=1S/C68H85N17O14/c1-37(2)26-50(60(91)78-49(14-8-24-73-68(70)71)67(98)85-25-9-15-56(85)66(97)75-34-57(69)88)79-62(93)52(29-40-16-19-41-10-4-5-11-42(41)27-40)80-61(92)51(28-39-17-20-45(21-18-39)99-38(3)87)81-65(96)55(35-86)84-63(94)53(30-43-32-74-47-13-7-6-12-46(43)47)82-64(95)54(31-44-33-72-36-76-44)83-59(90)48-22-23-58(89)77-48/h4-7,10-13,16-21,27,32-33,36-37,48-56,74,86H,8-9,14-15,22-26,28-31,34-35H2,1-3H3,(H2,69,88)(H,72,76)(H,75,97)(H,77,89)(H,78,91)(H,79,93)(H,80,92)(H,81,96)(H,82,95)(H,83,90)(H,84,94)(H4,70,71,73)/t48-,49-,50-,51-,52+,53-,54-,55-,56-/m0/s1. The number of nitrogens with one attached hydrogen (secondary N) is 11. The summed E-state index contributed by atoms with van der Waals surface area (Å²) in [6.07, 6.45) is 4.76.